The second-order valence-corrected chi connectivity index (χ2v) is 10.3. The van der Waals surface area contributed by atoms with Gasteiger partial charge in [0, 0.05) is 24.5 Å². The molecule has 0 aliphatic carbocycles. The van der Waals surface area contributed by atoms with Gasteiger partial charge in [0.25, 0.3) is 10.0 Å². The van der Waals surface area contributed by atoms with E-state index in [0.717, 1.165) is 28.5 Å². The van der Waals surface area contributed by atoms with Gasteiger partial charge in [-0.3, -0.25) is 4.72 Å². The fourth-order valence-corrected chi connectivity index (χ4v) is 5.72. The van der Waals surface area contributed by atoms with E-state index >= 15 is 0 Å². The molecule has 0 bridgehead atoms. The molecule has 1 saturated heterocycles. The van der Waals surface area contributed by atoms with Gasteiger partial charge in [-0.1, -0.05) is 6.92 Å². The normalized spacial score (nSPS) is 16.5. The quantitative estimate of drug-likeness (QED) is 0.797. The first kappa shape index (κ1) is 16.8. The molecule has 2 aromatic rings. The molecule has 1 N–H and O–H groups in total. The second-order valence-electron chi connectivity index (χ2n) is 5.88. The molecule has 23 heavy (non-hydrogen) atoms. The van der Waals surface area contributed by atoms with Crippen molar-refractivity contribution in [3.8, 4) is 0 Å². The molecule has 0 saturated carbocycles. The van der Waals surface area contributed by atoms with Crippen molar-refractivity contribution in [2.75, 3.05) is 22.7 Å². The summed E-state index contributed by atoms with van der Waals surface area (Å²) >= 11 is 4.49. The number of rotatable bonds is 4. The second kappa shape index (κ2) is 6.83. The first-order chi connectivity index (χ1) is 10.9. The Morgan fingerprint density at radius 3 is 2.35 bits per heavy atom. The first-order valence-electron chi connectivity index (χ1n) is 7.57. The van der Waals surface area contributed by atoms with Gasteiger partial charge in [-0.05, 0) is 71.1 Å². The highest BCUT2D eigenvalue weighted by atomic mass is 79.9. The van der Waals surface area contributed by atoms with Crippen LogP contribution in [0.15, 0.2) is 44.4 Å². The number of halogens is 1. The van der Waals surface area contributed by atoms with Crippen molar-refractivity contribution in [1.29, 1.82) is 0 Å². The van der Waals surface area contributed by atoms with Crippen molar-refractivity contribution in [2.24, 2.45) is 5.92 Å². The largest absolute Gasteiger partial charge is 0.372 e. The van der Waals surface area contributed by atoms with Crippen LogP contribution in [0.5, 0.6) is 0 Å². The Labute approximate surface area is 149 Å². The van der Waals surface area contributed by atoms with E-state index in [4.69, 9.17) is 0 Å². The van der Waals surface area contributed by atoms with Crippen LogP contribution in [0.25, 0.3) is 0 Å². The minimum absolute atomic E-state index is 0.304. The SMILES string of the molecule is CC1CCN(c2ccc(NS(=O)(=O)c3ccc(Br)s3)cc2)CC1. The molecule has 2 heterocycles. The third-order valence-corrected chi connectivity index (χ3v) is 7.58. The van der Waals surface area contributed by atoms with E-state index in [-0.39, 0.29) is 0 Å². The number of piperidine rings is 1. The van der Waals surface area contributed by atoms with E-state index in [1.807, 2.05) is 24.3 Å². The Morgan fingerprint density at radius 2 is 1.78 bits per heavy atom. The van der Waals surface area contributed by atoms with Gasteiger partial charge >= 0.3 is 0 Å². The van der Waals surface area contributed by atoms with E-state index in [0.29, 0.717) is 9.90 Å². The molecule has 1 aliphatic rings. The van der Waals surface area contributed by atoms with Crippen molar-refractivity contribution in [3.05, 3.63) is 40.2 Å². The highest BCUT2D eigenvalue weighted by molar-refractivity contribution is 9.11. The van der Waals surface area contributed by atoms with Crippen LogP contribution in [0.1, 0.15) is 19.8 Å². The Morgan fingerprint density at radius 1 is 1.13 bits per heavy atom. The van der Waals surface area contributed by atoms with Crippen molar-refractivity contribution < 1.29 is 8.42 Å². The van der Waals surface area contributed by atoms with Gasteiger partial charge in [0.05, 0.1) is 3.79 Å². The smallest absolute Gasteiger partial charge is 0.271 e. The van der Waals surface area contributed by atoms with Crippen molar-refractivity contribution in [2.45, 2.75) is 24.0 Å². The number of hydrogen-bond donors (Lipinski definition) is 1. The number of nitrogens with zero attached hydrogens (tertiary/aromatic N) is 1. The van der Waals surface area contributed by atoms with Gasteiger partial charge in [0.15, 0.2) is 0 Å². The lowest BCUT2D eigenvalue weighted by molar-refractivity contribution is 0.438. The standard InChI is InChI=1S/C16H19BrN2O2S2/c1-12-8-10-19(11-9-12)14-4-2-13(3-5-14)18-23(20,21)16-7-6-15(17)22-16/h2-7,12,18H,8-11H2,1H3. The molecule has 1 aliphatic heterocycles. The summed E-state index contributed by atoms with van der Waals surface area (Å²) in [6.45, 7) is 4.42. The third-order valence-electron chi connectivity index (χ3n) is 4.08. The fourth-order valence-electron chi connectivity index (χ4n) is 2.65. The predicted molar refractivity (Wildman–Crippen MR) is 99.9 cm³/mol. The molecule has 0 atom stereocenters. The molecular formula is C16H19BrN2O2S2. The Bertz CT molecular complexity index is 764. The van der Waals surface area contributed by atoms with Crippen LogP contribution in [-0.2, 0) is 10.0 Å². The molecule has 3 rings (SSSR count). The first-order valence-corrected chi connectivity index (χ1v) is 10.7. The van der Waals surface area contributed by atoms with E-state index in [2.05, 4.69) is 32.5 Å². The lowest BCUT2D eigenvalue weighted by atomic mass is 9.99. The number of sulfonamides is 1. The van der Waals surface area contributed by atoms with Gasteiger partial charge in [-0.2, -0.15) is 0 Å². The van der Waals surface area contributed by atoms with Crippen LogP contribution in [0.2, 0.25) is 0 Å². The van der Waals surface area contributed by atoms with Crippen LogP contribution in [0.4, 0.5) is 11.4 Å². The number of benzene rings is 1. The Kier molecular flexibility index (Phi) is 4.98. The summed E-state index contributed by atoms with van der Waals surface area (Å²) < 4.78 is 28.3. The van der Waals surface area contributed by atoms with E-state index in [1.165, 1.54) is 24.2 Å². The minimum Gasteiger partial charge on any atom is -0.372 e. The predicted octanol–water partition coefficient (Wildman–Crippen LogP) is 4.55. The Hall–Kier alpha value is -1.05. The zero-order valence-electron chi connectivity index (χ0n) is 12.8. The van der Waals surface area contributed by atoms with E-state index in [1.54, 1.807) is 12.1 Å². The summed E-state index contributed by atoms with van der Waals surface area (Å²) in [5, 5.41) is 0. The van der Waals surface area contributed by atoms with Crippen LogP contribution >= 0.6 is 27.3 Å². The third kappa shape index (κ3) is 4.08. The maximum Gasteiger partial charge on any atom is 0.271 e. The van der Waals surface area contributed by atoms with Gasteiger partial charge in [0.1, 0.15) is 4.21 Å². The maximum absolute atomic E-state index is 12.3. The molecule has 1 aromatic heterocycles. The molecule has 1 aromatic carbocycles. The molecule has 0 spiro atoms. The van der Waals surface area contributed by atoms with Crippen molar-refractivity contribution >= 4 is 48.7 Å². The van der Waals surface area contributed by atoms with Crippen molar-refractivity contribution in [3.63, 3.8) is 0 Å². The van der Waals surface area contributed by atoms with Crippen LogP contribution < -0.4 is 9.62 Å². The summed E-state index contributed by atoms with van der Waals surface area (Å²) in [5.74, 6) is 0.794. The summed E-state index contributed by atoms with van der Waals surface area (Å²) in [4.78, 5) is 2.36. The molecule has 0 amide bonds. The fraction of sp³-hybridized carbons (Fsp3) is 0.375. The molecule has 0 unspecified atom stereocenters. The van der Waals surface area contributed by atoms with Gasteiger partial charge in [0.2, 0.25) is 0 Å². The molecular weight excluding hydrogens is 396 g/mol. The van der Waals surface area contributed by atoms with Gasteiger partial charge in [-0.15, -0.1) is 11.3 Å². The topological polar surface area (TPSA) is 49.4 Å². The molecule has 7 heteroatoms. The zero-order valence-corrected chi connectivity index (χ0v) is 16.0. The van der Waals surface area contributed by atoms with Crippen LogP contribution in [-0.4, -0.2) is 21.5 Å². The average molecular weight is 415 g/mol. The molecule has 0 radical (unpaired) electrons. The number of nitrogens with one attached hydrogen (secondary N) is 1. The summed E-state index contributed by atoms with van der Waals surface area (Å²) in [5.41, 5.74) is 1.74. The molecule has 124 valence electrons. The monoisotopic (exact) mass is 414 g/mol. The molecule has 4 nitrogen and oxygen atoms in total. The number of anilines is 2. The lowest BCUT2D eigenvalue weighted by Gasteiger charge is -2.32. The van der Waals surface area contributed by atoms with Crippen LogP contribution in [0, 0.1) is 5.92 Å². The summed E-state index contributed by atoms with van der Waals surface area (Å²) in [6.07, 6.45) is 2.42. The van der Waals surface area contributed by atoms with Gasteiger partial charge < -0.3 is 4.90 Å². The van der Waals surface area contributed by atoms with E-state index in [9.17, 15) is 8.42 Å². The minimum atomic E-state index is -3.51. The summed E-state index contributed by atoms with van der Waals surface area (Å²) in [7, 11) is -3.51. The lowest BCUT2D eigenvalue weighted by Crippen LogP contribution is -2.32. The highest BCUT2D eigenvalue weighted by Gasteiger charge is 2.18. The zero-order chi connectivity index (χ0) is 16.4. The summed E-state index contributed by atoms with van der Waals surface area (Å²) in [6, 6.07) is 11.0. The highest BCUT2D eigenvalue weighted by Crippen LogP contribution is 2.29. The van der Waals surface area contributed by atoms with Gasteiger partial charge in [-0.25, -0.2) is 8.42 Å². The van der Waals surface area contributed by atoms with Crippen molar-refractivity contribution in [1.82, 2.24) is 0 Å². The number of thiophene rings is 1. The Balaban J connectivity index is 1.70. The molecule has 1 fully saturated rings. The maximum atomic E-state index is 12.3. The van der Waals surface area contributed by atoms with Crippen LogP contribution in [0.3, 0.4) is 0 Å². The van der Waals surface area contributed by atoms with E-state index < -0.39 is 10.0 Å². The average Bonchev–Trinajstić information content (AvgIpc) is 2.96. The number of hydrogen-bond acceptors (Lipinski definition) is 4.